The van der Waals surface area contributed by atoms with Gasteiger partial charge in [-0.25, -0.2) is 4.39 Å². The van der Waals surface area contributed by atoms with Gasteiger partial charge in [-0.05, 0) is 29.3 Å². The van der Waals surface area contributed by atoms with Gasteiger partial charge >= 0.3 is 0 Å². The molecule has 1 unspecified atom stereocenters. The van der Waals surface area contributed by atoms with E-state index >= 15 is 0 Å². The molecule has 0 bridgehead atoms. The number of aliphatic hydroxyl groups excluding tert-OH is 1. The van der Waals surface area contributed by atoms with Gasteiger partial charge in [-0.1, -0.05) is 12.1 Å². The second-order valence-corrected chi connectivity index (χ2v) is 5.00. The molecule has 5 heteroatoms. The molecule has 0 saturated carbocycles. The SMILES string of the molecule is COc1cc(C2Oc3cc(O)ccc3C[C@H]2O)ccc1F. The zero-order valence-corrected chi connectivity index (χ0v) is 11.4. The lowest BCUT2D eigenvalue weighted by atomic mass is 9.94. The van der Waals surface area contributed by atoms with Crippen LogP contribution in [0, 0.1) is 5.82 Å². The molecular formula is C16H15FO4. The summed E-state index contributed by atoms with van der Waals surface area (Å²) in [4.78, 5) is 0. The van der Waals surface area contributed by atoms with Gasteiger partial charge in [-0.15, -0.1) is 0 Å². The predicted molar refractivity (Wildman–Crippen MR) is 74.1 cm³/mol. The number of aliphatic hydroxyl groups is 1. The fourth-order valence-corrected chi connectivity index (χ4v) is 2.51. The summed E-state index contributed by atoms with van der Waals surface area (Å²) in [6, 6.07) is 9.12. The number of fused-ring (bicyclic) bond motifs is 1. The van der Waals surface area contributed by atoms with E-state index in [0.29, 0.717) is 17.7 Å². The number of phenols is 1. The van der Waals surface area contributed by atoms with E-state index in [0.717, 1.165) is 5.56 Å². The number of methoxy groups -OCH3 is 1. The fourth-order valence-electron chi connectivity index (χ4n) is 2.51. The maximum absolute atomic E-state index is 13.5. The van der Waals surface area contributed by atoms with E-state index < -0.39 is 18.0 Å². The summed E-state index contributed by atoms with van der Waals surface area (Å²) < 4.78 is 24.2. The molecule has 2 aromatic carbocycles. The van der Waals surface area contributed by atoms with E-state index in [2.05, 4.69) is 0 Å². The molecule has 0 spiro atoms. The third-order valence-electron chi connectivity index (χ3n) is 3.59. The topological polar surface area (TPSA) is 58.9 Å². The minimum Gasteiger partial charge on any atom is -0.508 e. The van der Waals surface area contributed by atoms with Gasteiger partial charge in [-0.2, -0.15) is 0 Å². The maximum atomic E-state index is 13.5. The number of halogens is 1. The molecule has 4 nitrogen and oxygen atoms in total. The maximum Gasteiger partial charge on any atom is 0.165 e. The lowest BCUT2D eigenvalue weighted by molar-refractivity contribution is 0.0205. The number of rotatable bonds is 2. The normalized spacial score (nSPS) is 20.5. The molecule has 3 rings (SSSR count). The minimum atomic E-state index is -0.753. The van der Waals surface area contributed by atoms with Crippen LogP contribution in [0.15, 0.2) is 36.4 Å². The molecule has 0 saturated heterocycles. The predicted octanol–water partition coefficient (Wildman–Crippen LogP) is 2.58. The van der Waals surface area contributed by atoms with Crippen LogP contribution >= 0.6 is 0 Å². The first-order valence-electron chi connectivity index (χ1n) is 6.58. The van der Waals surface area contributed by atoms with Crippen LogP contribution in [-0.2, 0) is 6.42 Å². The van der Waals surface area contributed by atoms with Crippen LogP contribution < -0.4 is 9.47 Å². The molecule has 1 aliphatic heterocycles. The zero-order chi connectivity index (χ0) is 15.0. The summed E-state index contributed by atoms with van der Waals surface area (Å²) in [6.07, 6.45) is -0.981. The summed E-state index contributed by atoms with van der Waals surface area (Å²) >= 11 is 0. The van der Waals surface area contributed by atoms with Gasteiger partial charge in [0.15, 0.2) is 11.6 Å². The Kier molecular flexibility index (Phi) is 3.43. The fraction of sp³-hybridized carbons (Fsp3) is 0.250. The van der Waals surface area contributed by atoms with Crippen molar-refractivity contribution in [3.8, 4) is 17.2 Å². The molecule has 0 radical (unpaired) electrons. The van der Waals surface area contributed by atoms with E-state index in [1.807, 2.05) is 0 Å². The van der Waals surface area contributed by atoms with Gasteiger partial charge < -0.3 is 19.7 Å². The number of phenolic OH excluding ortho intramolecular Hbond substituents is 1. The molecule has 21 heavy (non-hydrogen) atoms. The Balaban J connectivity index is 1.96. The summed E-state index contributed by atoms with van der Waals surface area (Å²) in [6.45, 7) is 0. The van der Waals surface area contributed by atoms with Crippen LogP contribution in [0.4, 0.5) is 4.39 Å². The number of aromatic hydroxyl groups is 1. The molecule has 0 aromatic heterocycles. The van der Waals surface area contributed by atoms with Crippen molar-refractivity contribution in [1.82, 2.24) is 0 Å². The van der Waals surface area contributed by atoms with Crippen molar-refractivity contribution in [1.29, 1.82) is 0 Å². The van der Waals surface area contributed by atoms with Crippen molar-refractivity contribution in [3.05, 3.63) is 53.3 Å². The Hall–Kier alpha value is -2.27. The van der Waals surface area contributed by atoms with Crippen LogP contribution in [0.25, 0.3) is 0 Å². The Morgan fingerprint density at radius 1 is 1.24 bits per heavy atom. The van der Waals surface area contributed by atoms with Crippen molar-refractivity contribution >= 4 is 0 Å². The number of benzene rings is 2. The highest BCUT2D eigenvalue weighted by Crippen LogP contribution is 2.38. The molecule has 2 aromatic rings. The van der Waals surface area contributed by atoms with Gasteiger partial charge in [0.05, 0.1) is 13.2 Å². The second kappa shape index (κ2) is 5.26. The van der Waals surface area contributed by atoms with Gasteiger partial charge in [0.2, 0.25) is 0 Å². The van der Waals surface area contributed by atoms with Gasteiger partial charge in [0.25, 0.3) is 0 Å². The molecule has 0 amide bonds. The first-order chi connectivity index (χ1) is 10.1. The lowest BCUT2D eigenvalue weighted by Crippen LogP contribution is -2.30. The highest BCUT2D eigenvalue weighted by atomic mass is 19.1. The molecular weight excluding hydrogens is 275 g/mol. The third kappa shape index (κ3) is 2.52. The average molecular weight is 290 g/mol. The standard InChI is InChI=1S/C16H15FO4/c1-20-15-7-10(3-5-12(15)17)16-13(19)6-9-2-4-11(18)8-14(9)21-16/h2-5,7-8,13,16,18-19H,6H2,1H3/t13-,16?/m1/s1. The number of ether oxygens (including phenoxy) is 2. The first kappa shape index (κ1) is 13.7. The minimum absolute atomic E-state index is 0.0978. The van der Waals surface area contributed by atoms with E-state index in [9.17, 15) is 14.6 Å². The summed E-state index contributed by atoms with van der Waals surface area (Å²) in [5.41, 5.74) is 1.44. The van der Waals surface area contributed by atoms with Gasteiger partial charge in [0.1, 0.15) is 17.6 Å². The van der Waals surface area contributed by atoms with Crippen LogP contribution in [0.5, 0.6) is 17.2 Å². The van der Waals surface area contributed by atoms with E-state index in [4.69, 9.17) is 9.47 Å². The molecule has 1 aliphatic rings. The van der Waals surface area contributed by atoms with Crippen molar-refractivity contribution < 1.29 is 24.1 Å². The Morgan fingerprint density at radius 2 is 2.05 bits per heavy atom. The number of hydrogen-bond acceptors (Lipinski definition) is 4. The van der Waals surface area contributed by atoms with Gasteiger partial charge in [-0.3, -0.25) is 0 Å². The van der Waals surface area contributed by atoms with Crippen LogP contribution in [-0.4, -0.2) is 23.4 Å². The van der Waals surface area contributed by atoms with Crippen molar-refractivity contribution in [2.75, 3.05) is 7.11 Å². The monoisotopic (exact) mass is 290 g/mol. The molecule has 110 valence electrons. The van der Waals surface area contributed by atoms with E-state index in [-0.39, 0.29) is 11.5 Å². The van der Waals surface area contributed by atoms with E-state index in [1.54, 1.807) is 18.2 Å². The van der Waals surface area contributed by atoms with Crippen molar-refractivity contribution in [3.63, 3.8) is 0 Å². The molecule has 2 atom stereocenters. The van der Waals surface area contributed by atoms with Crippen LogP contribution in [0.2, 0.25) is 0 Å². The largest absolute Gasteiger partial charge is 0.508 e. The highest BCUT2D eigenvalue weighted by molar-refractivity contribution is 5.43. The summed E-state index contributed by atoms with van der Waals surface area (Å²) in [7, 11) is 1.38. The van der Waals surface area contributed by atoms with E-state index in [1.165, 1.54) is 25.3 Å². The Bertz CT molecular complexity index is 671. The van der Waals surface area contributed by atoms with Crippen molar-refractivity contribution in [2.24, 2.45) is 0 Å². The van der Waals surface area contributed by atoms with Gasteiger partial charge in [0, 0.05) is 12.5 Å². The van der Waals surface area contributed by atoms with Crippen LogP contribution in [0.1, 0.15) is 17.2 Å². The molecule has 0 fully saturated rings. The Labute approximate surface area is 121 Å². The molecule has 2 N–H and O–H groups in total. The summed E-state index contributed by atoms with van der Waals surface area (Å²) in [5, 5.41) is 19.8. The average Bonchev–Trinajstić information content (AvgIpc) is 2.48. The molecule has 1 heterocycles. The third-order valence-corrected chi connectivity index (χ3v) is 3.59. The lowest BCUT2D eigenvalue weighted by Gasteiger charge is -2.31. The second-order valence-electron chi connectivity index (χ2n) is 5.00. The number of hydrogen-bond donors (Lipinski definition) is 2. The highest BCUT2D eigenvalue weighted by Gasteiger charge is 2.30. The quantitative estimate of drug-likeness (QED) is 0.892. The van der Waals surface area contributed by atoms with Crippen LogP contribution in [0.3, 0.4) is 0 Å². The smallest absolute Gasteiger partial charge is 0.165 e. The Morgan fingerprint density at radius 3 is 2.81 bits per heavy atom. The zero-order valence-electron chi connectivity index (χ0n) is 11.4. The molecule has 0 aliphatic carbocycles. The first-order valence-corrected chi connectivity index (χ1v) is 6.58. The summed E-state index contributed by atoms with van der Waals surface area (Å²) in [5.74, 6) is 0.253. The van der Waals surface area contributed by atoms with Crippen molar-refractivity contribution in [2.45, 2.75) is 18.6 Å².